The van der Waals surface area contributed by atoms with Crippen LogP contribution in [-0.2, 0) is 4.79 Å². The minimum atomic E-state index is -0.833. The average molecular weight is 202 g/mol. The number of hydrogen-bond donors (Lipinski definition) is 1. The molecule has 0 heterocycles. The Morgan fingerprint density at radius 3 is 1.46 bits per heavy atom. The normalized spacial score (nSPS) is 9.54. The van der Waals surface area contributed by atoms with Crippen LogP contribution in [0.2, 0.25) is 14.8 Å². The molecule has 0 bridgehead atoms. The van der Waals surface area contributed by atoms with E-state index in [1.54, 1.807) is 0 Å². The molecule has 0 saturated carbocycles. The molecule has 0 saturated heterocycles. The van der Waals surface area contributed by atoms with Crippen LogP contribution in [0.25, 0.3) is 0 Å². The van der Waals surface area contributed by atoms with Crippen LogP contribution < -0.4 is 0 Å². The van der Waals surface area contributed by atoms with Gasteiger partial charge in [-0.2, -0.15) is 0 Å². The summed E-state index contributed by atoms with van der Waals surface area (Å²) in [5.74, 6) is -0.833. The summed E-state index contributed by atoms with van der Waals surface area (Å²) in [5, 5.41) is 8.88. The van der Waals surface area contributed by atoms with E-state index in [9.17, 15) is 0 Å². The van der Waals surface area contributed by atoms with Gasteiger partial charge in [-0.05, 0) is 0 Å². The maximum absolute atomic E-state index is 9.00. The molecule has 0 aliphatic heterocycles. The zero-order chi connectivity index (χ0) is 11.0. The van der Waals surface area contributed by atoms with E-state index >= 15 is 0 Å². The predicted molar refractivity (Wildman–Crippen MR) is 59.7 cm³/mol. The quantitative estimate of drug-likeness (QED) is 0.712. The second kappa shape index (κ2) is 8.59. The third-order valence-electron chi connectivity index (χ3n) is 2.18. The first-order valence-corrected chi connectivity index (χ1v) is 7.17. The van der Waals surface area contributed by atoms with Gasteiger partial charge in [0.1, 0.15) is 0 Å². The van der Waals surface area contributed by atoms with Crippen molar-refractivity contribution in [3.05, 3.63) is 0 Å². The zero-order valence-corrected chi connectivity index (χ0v) is 10.9. The summed E-state index contributed by atoms with van der Waals surface area (Å²) in [6.45, 7) is 12.9. The van der Waals surface area contributed by atoms with Gasteiger partial charge in [-0.3, -0.25) is 4.79 Å². The van der Waals surface area contributed by atoms with Crippen molar-refractivity contribution in [2.24, 2.45) is 0 Å². The second-order valence-electron chi connectivity index (χ2n) is 4.08. The van der Waals surface area contributed by atoms with Crippen molar-refractivity contribution >= 4 is 20.1 Å². The van der Waals surface area contributed by atoms with Crippen LogP contribution >= 0.6 is 0 Å². The molecule has 0 aromatic rings. The Morgan fingerprint density at radius 2 is 1.46 bits per heavy atom. The highest BCUT2D eigenvalue weighted by molar-refractivity contribution is 6.61. The molecule has 1 N–H and O–H groups in total. The van der Waals surface area contributed by atoms with E-state index in [1.807, 2.05) is 0 Å². The maximum atomic E-state index is 9.00. The summed E-state index contributed by atoms with van der Waals surface area (Å²) in [6, 6.07) is 0. The van der Waals surface area contributed by atoms with Crippen LogP contribution in [0.1, 0.15) is 41.5 Å². The zero-order valence-electron chi connectivity index (χ0n) is 9.79. The molecule has 0 atom stereocenters. The number of carbonyl (C=O) groups is 1. The molecule has 0 aliphatic rings. The molecule has 0 spiro atoms. The van der Waals surface area contributed by atoms with Crippen molar-refractivity contribution in [2.45, 2.75) is 56.4 Å². The highest BCUT2D eigenvalue weighted by Crippen LogP contribution is 2.22. The van der Waals surface area contributed by atoms with Gasteiger partial charge in [-0.25, -0.2) is 0 Å². The van der Waals surface area contributed by atoms with Gasteiger partial charge in [0.05, 0.1) is 0 Å². The first kappa shape index (κ1) is 15.5. The lowest BCUT2D eigenvalue weighted by atomic mass is 10.5. The van der Waals surface area contributed by atoms with Gasteiger partial charge < -0.3 is 5.11 Å². The van der Waals surface area contributed by atoms with Crippen molar-refractivity contribution in [1.82, 2.24) is 0 Å². The Morgan fingerprint density at radius 1 is 1.23 bits per heavy atom. The molecule has 0 amide bonds. The molecule has 78 valence electrons. The lowest BCUT2D eigenvalue weighted by molar-refractivity contribution is -0.134. The molecule has 2 nitrogen and oxygen atoms in total. The first-order valence-electron chi connectivity index (χ1n) is 5.02. The molecule has 0 rings (SSSR count). The molecule has 0 unspecified atom stereocenters. The lowest BCUT2D eigenvalue weighted by Gasteiger charge is -2.16. The highest BCUT2D eigenvalue weighted by atomic mass is 27.2. The van der Waals surface area contributed by atoms with Crippen LogP contribution in [0.4, 0.5) is 0 Å². The molecule has 0 aromatic carbocycles. The maximum Gasteiger partial charge on any atom is 0.300 e. The monoisotopic (exact) mass is 202 g/mol. The summed E-state index contributed by atoms with van der Waals surface area (Å²) < 4.78 is 1.99. The Kier molecular flexibility index (Phi) is 10.2. The molecule has 0 aliphatic carbocycles. The predicted octanol–water partition coefficient (Wildman–Crippen LogP) is 3.41. The largest absolute Gasteiger partial charge is 0.481 e. The van der Waals surface area contributed by atoms with Crippen molar-refractivity contribution < 1.29 is 9.90 Å². The van der Waals surface area contributed by atoms with Crippen LogP contribution in [0.5, 0.6) is 0 Å². The molecular formula is C10H23AlO2. The van der Waals surface area contributed by atoms with E-state index in [0.717, 1.165) is 16.5 Å². The lowest BCUT2D eigenvalue weighted by Crippen LogP contribution is -2.18. The van der Waals surface area contributed by atoms with Crippen LogP contribution in [0.15, 0.2) is 0 Å². The SMILES string of the molecule is CC(=O)O.C[CH2][Al]([CH](C)C)[CH](C)C. The fourth-order valence-electron chi connectivity index (χ4n) is 1.71. The van der Waals surface area contributed by atoms with Gasteiger partial charge in [0.25, 0.3) is 20.1 Å². The first-order chi connectivity index (χ1) is 5.82. The van der Waals surface area contributed by atoms with E-state index in [-0.39, 0.29) is 14.1 Å². The number of hydrogen-bond acceptors (Lipinski definition) is 1. The molecule has 13 heavy (non-hydrogen) atoms. The number of carboxylic acids is 1. The van der Waals surface area contributed by atoms with Crippen molar-refractivity contribution in [3.8, 4) is 0 Å². The fourth-order valence-corrected chi connectivity index (χ4v) is 5.14. The average Bonchev–Trinajstić information content (AvgIpc) is 1.84. The van der Waals surface area contributed by atoms with Crippen molar-refractivity contribution in [1.29, 1.82) is 0 Å². The van der Waals surface area contributed by atoms with Gasteiger partial charge in [-0.15, -0.1) is 0 Å². The molecule has 0 radical (unpaired) electrons. The molecule has 0 fully saturated rings. The summed E-state index contributed by atoms with van der Waals surface area (Å²) in [6.07, 6.45) is 0. The molecule has 0 aromatic heterocycles. The van der Waals surface area contributed by atoms with Crippen LogP contribution in [0.3, 0.4) is 0 Å². The second-order valence-corrected chi connectivity index (χ2v) is 8.89. The third-order valence-corrected chi connectivity index (χ3v) is 6.55. The highest BCUT2D eigenvalue weighted by Gasteiger charge is 2.21. The third kappa shape index (κ3) is 12.0. The van der Waals surface area contributed by atoms with Crippen molar-refractivity contribution in [2.75, 3.05) is 0 Å². The number of rotatable bonds is 3. The van der Waals surface area contributed by atoms with Gasteiger partial charge in [0, 0.05) is 6.92 Å². The van der Waals surface area contributed by atoms with Gasteiger partial charge in [-0.1, -0.05) is 49.5 Å². The Balaban J connectivity index is 0. The smallest absolute Gasteiger partial charge is 0.300 e. The number of aliphatic carboxylic acids is 1. The Bertz CT molecular complexity index is 121. The van der Waals surface area contributed by atoms with Crippen LogP contribution in [0, 0.1) is 0 Å². The fraction of sp³-hybridized carbons (Fsp3) is 0.900. The van der Waals surface area contributed by atoms with E-state index in [1.165, 1.54) is 5.28 Å². The van der Waals surface area contributed by atoms with E-state index in [4.69, 9.17) is 9.90 Å². The topological polar surface area (TPSA) is 37.3 Å². The summed E-state index contributed by atoms with van der Waals surface area (Å²) in [5.41, 5.74) is 0. The molecular weight excluding hydrogens is 179 g/mol. The van der Waals surface area contributed by atoms with Crippen LogP contribution in [-0.4, -0.2) is 25.2 Å². The Hall–Kier alpha value is 0.00247. The van der Waals surface area contributed by atoms with E-state index in [0.29, 0.717) is 0 Å². The van der Waals surface area contributed by atoms with E-state index in [2.05, 4.69) is 34.6 Å². The summed E-state index contributed by atoms with van der Waals surface area (Å²) >= 11 is -0.360. The van der Waals surface area contributed by atoms with Gasteiger partial charge in [0.2, 0.25) is 0 Å². The minimum Gasteiger partial charge on any atom is -0.481 e. The molecule has 3 heteroatoms. The minimum absolute atomic E-state index is 0.360. The summed E-state index contributed by atoms with van der Waals surface area (Å²) in [7, 11) is 0. The van der Waals surface area contributed by atoms with Gasteiger partial charge >= 0.3 is 0 Å². The number of carboxylic acid groups (broad SMARTS) is 1. The summed E-state index contributed by atoms with van der Waals surface area (Å²) in [4.78, 5) is 9.00. The Labute approximate surface area is 86.7 Å². The van der Waals surface area contributed by atoms with Crippen molar-refractivity contribution in [3.63, 3.8) is 0 Å². The standard InChI is InChI=1S/2C3H7.C2H4O2.C2H5.Al/c2*1-3-2;1-2(3)4;1-2;/h2*3H,1-2H3;1H3,(H,3,4);1H2,2H3;. The van der Waals surface area contributed by atoms with E-state index < -0.39 is 5.97 Å². The van der Waals surface area contributed by atoms with Gasteiger partial charge in [0.15, 0.2) is 0 Å².